The molecule has 1 fully saturated rings. The van der Waals surface area contributed by atoms with Crippen LogP contribution < -0.4 is 5.32 Å². The molecule has 1 unspecified atom stereocenters. The van der Waals surface area contributed by atoms with Gasteiger partial charge in [-0.1, -0.05) is 0 Å². The summed E-state index contributed by atoms with van der Waals surface area (Å²) in [5.74, 6) is -1.26. The van der Waals surface area contributed by atoms with E-state index < -0.39 is 11.9 Å². The smallest absolute Gasteiger partial charge is 0.317 e. The number of urea groups is 1. The molecule has 0 aromatic carbocycles. The van der Waals surface area contributed by atoms with Gasteiger partial charge >= 0.3 is 12.0 Å². The van der Waals surface area contributed by atoms with Crippen LogP contribution in [0.4, 0.5) is 4.79 Å². The molecule has 0 radical (unpaired) electrons. The van der Waals surface area contributed by atoms with Crippen LogP contribution in [0, 0.1) is 5.92 Å². The molecule has 2 rings (SSSR count). The standard InChI is InChI=1S/C14H19N3O3/c18-13(19)12-2-1-9-17(10-12)14(20)16-8-5-11-3-6-15-7-4-11/h3-4,6-7,12H,1-2,5,8-10H2,(H,16,20)(H,18,19). The number of piperidine rings is 1. The zero-order valence-corrected chi connectivity index (χ0v) is 11.3. The van der Waals surface area contributed by atoms with Gasteiger partial charge in [0.25, 0.3) is 0 Å². The van der Waals surface area contributed by atoms with Crippen molar-refractivity contribution < 1.29 is 14.7 Å². The Balaban J connectivity index is 1.75. The van der Waals surface area contributed by atoms with Crippen LogP contribution in [-0.4, -0.2) is 46.6 Å². The zero-order valence-electron chi connectivity index (χ0n) is 11.3. The Hall–Kier alpha value is -2.11. The van der Waals surface area contributed by atoms with Crippen molar-refractivity contribution in [3.05, 3.63) is 30.1 Å². The molecule has 1 aliphatic heterocycles. The van der Waals surface area contributed by atoms with Gasteiger partial charge in [0.15, 0.2) is 0 Å². The maximum Gasteiger partial charge on any atom is 0.317 e. The molecule has 2 N–H and O–H groups in total. The maximum absolute atomic E-state index is 12.0. The average molecular weight is 277 g/mol. The van der Waals surface area contributed by atoms with E-state index in [1.54, 1.807) is 17.3 Å². The third-order valence-electron chi connectivity index (χ3n) is 3.50. The molecule has 2 heterocycles. The fourth-order valence-corrected chi connectivity index (χ4v) is 2.34. The van der Waals surface area contributed by atoms with Gasteiger partial charge in [-0.15, -0.1) is 0 Å². The summed E-state index contributed by atoms with van der Waals surface area (Å²) >= 11 is 0. The molecule has 1 atom stereocenters. The topological polar surface area (TPSA) is 82.5 Å². The van der Waals surface area contributed by atoms with E-state index in [1.165, 1.54) is 0 Å². The van der Waals surface area contributed by atoms with Gasteiger partial charge in [0.1, 0.15) is 0 Å². The third-order valence-corrected chi connectivity index (χ3v) is 3.50. The van der Waals surface area contributed by atoms with E-state index in [1.807, 2.05) is 12.1 Å². The summed E-state index contributed by atoms with van der Waals surface area (Å²) in [6, 6.07) is 3.64. The first-order valence-corrected chi connectivity index (χ1v) is 6.81. The second-order valence-corrected chi connectivity index (χ2v) is 4.96. The van der Waals surface area contributed by atoms with Crippen LogP contribution >= 0.6 is 0 Å². The monoisotopic (exact) mass is 277 g/mol. The molecule has 1 saturated heterocycles. The molecular formula is C14H19N3O3. The van der Waals surface area contributed by atoms with Crippen molar-refractivity contribution in [2.45, 2.75) is 19.3 Å². The third kappa shape index (κ3) is 3.94. The highest BCUT2D eigenvalue weighted by molar-refractivity contribution is 5.76. The van der Waals surface area contributed by atoms with Gasteiger partial charge in [-0.05, 0) is 37.0 Å². The second-order valence-electron chi connectivity index (χ2n) is 4.96. The van der Waals surface area contributed by atoms with E-state index in [9.17, 15) is 9.59 Å². The highest BCUT2D eigenvalue weighted by Crippen LogP contribution is 2.16. The van der Waals surface area contributed by atoms with E-state index in [-0.39, 0.29) is 6.03 Å². The molecule has 108 valence electrons. The fourth-order valence-electron chi connectivity index (χ4n) is 2.34. The zero-order chi connectivity index (χ0) is 14.4. The predicted octanol–water partition coefficient (Wildman–Crippen LogP) is 1.13. The Morgan fingerprint density at radius 3 is 2.85 bits per heavy atom. The van der Waals surface area contributed by atoms with Crippen molar-refractivity contribution in [2.75, 3.05) is 19.6 Å². The van der Waals surface area contributed by atoms with Crippen molar-refractivity contribution in [3.63, 3.8) is 0 Å². The van der Waals surface area contributed by atoms with Crippen molar-refractivity contribution in [1.29, 1.82) is 0 Å². The first kappa shape index (κ1) is 14.3. The maximum atomic E-state index is 12.0. The summed E-state index contributed by atoms with van der Waals surface area (Å²) in [5.41, 5.74) is 1.11. The van der Waals surface area contributed by atoms with E-state index in [0.717, 1.165) is 18.4 Å². The number of carbonyl (C=O) groups is 2. The number of carboxylic acid groups (broad SMARTS) is 1. The van der Waals surface area contributed by atoms with Crippen LogP contribution in [0.25, 0.3) is 0 Å². The molecule has 2 amide bonds. The number of rotatable bonds is 4. The molecule has 0 aliphatic carbocycles. The summed E-state index contributed by atoms with van der Waals surface area (Å²) in [4.78, 5) is 28.5. The normalized spacial score (nSPS) is 18.6. The average Bonchev–Trinajstić information content (AvgIpc) is 2.48. The Bertz CT molecular complexity index is 464. The number of nitrogens with one attached hydrogen (secondary N) is 1. The van der Waals surface area contributed by atoms with Crippen molar-refractivity contribution in [1.82, 2.24) is 15.2 Å². The first-order valence-electron chi connectivity index (χ1n) is 6.81. The number of nitrogens with zero attached hydrogens (tertiary/aromatic N) is 2. The molecular weight excluding hydrogens is 258 g/mol. The number of carboxylic acids is 1. The highest BCUT2D eigenvalue weighted by atomic mass is 16.4. The number of amides is 2. The van der Waals surface area contributed by atoms with E-state index in [0.29, 0.717) is 26.1 Å². The minimum Gasteiger partial charge on any atom is -0.481 e. The van der Waals surface area contributed by atoms with Crippen LogP contribution in [0.2, 0.25) is 0 Å². The van der Waals surface area contributed by atoms with Gasteiger partial charge in [-0.3, -0.25) is 9.78 Å². The summed E-state index contributed by atoms with van der Waals surface area (Å²) in [6.07, 6.45) is 5.58. The van der Waals surface area contributed by atoms with Crippen molar-refractivity contribution >= 4 is 12.0 Å². The van der Waals surface area contributed by atoms with Gasteiger partial charge in [-0.2, -0.15) is 0 Å². The highest BCUT2D eigenvalue weighted by Gasteiger charge is 2.27. The quantitative estimate of drug-likeness (QED) is 0.864. The summed E-state index contributed by atoms with van der Waals surface area (Å²) < 4.78 is 0. The molecule has 0 saturated carbocycles. The van der Waals surface area contributed by atoms with Gasteiger partial charge in [0, 0.05) is 32.0 Å². The summed E-state index contributed by atoms with van der Waals surface area (Å²) in [7, 11) is 0. The van der Waals surface area contributed by atoms with Gasteiger partial charge in [-0.25, -0.2) is 4.79 Å². The van der Waals surface area contributed by atoms with Gasteiger partial charge in [0.2, 0.25) is 0 Å². The number of hydrogen-bond donors (Lipinski definition) is 2. The number of hydrogen-bond acceptors (Lipinski definition) is 3. The molecule has 0 bridgehead atoms. The van der Waals surface area contributed by atoms with Gasteiger partial charge in [0.05, 0.1) is 5.92 Å². The first-order chi connectivity index (χ1) is 9.66. The van der Waals surface area contributed by atoms with Crippen LogP contribution in [0.3, 0.4) is 0 Å². The number of aliphatic carboxylic acids is 1. The van der Waals surface area contributed by atoms with Crippen LogP contribution in [-0.2, 0) is 11.2 Å². The number of aromatic nitrogens is 1. The van der Waals surface area contributed by atoms with Crippen LogP contribution in [0.15, 0.2) is 24.5 Å². The molecule has 1 aromatic rings. The molecule has 6 nitrogen and oxygen atoms in total. The number of pyridine rings is 1. The minimum atomic E-state index is -0.820. The van der Waals surface area contributed by atoms with E-state index >= 15 is 0 Å². The Morgan fingerprint density at radius 2 is 2.15 bits per heavy atom. The van der Waals surface area contributed by atoms with Crippen molar-refractivity contribution in [3.8, 4) is 0 Å². The minimum absolute atomic E-state index is 0.176. The largest absolute Gasteiger partial charge is 0.481 e. The lowest BCUT2D eigenvalue weighted by Gasteiger charge is -2.30. The lowest BCUT2D eigenvalue weighted by molar-refractivity contribution is -0.143. The molecule has 1 aliphatic rings. The second kappa shape index (κ2) is 6.88. The van der Waals surface area contributed by atoms with Crippen molar-refractivity contribution in [2.24, 2.45) is 5.92 Å². The Labute approximate surface area is 117 Å². The van der Waals surface area contributed by atoms with Gasteiger partial charge < -0.3 is 15.3 Å². The number of carbonyl (C=O) groups excluding carboxylic acids is 1. The van der Waals surface area contributed by atoms with E-state index in [2.05, 4.69) is 10.3 Å². The molecule has 0 spiro atoms. The molecule has 20 heavy (non-hydrogen) atoms. The number of likely N-dealkylation sites (tertiary alicyclic amines) is 1. The van der Waals surface area contributed by atoms with Crippen LogP contribution in [0.1, 0.15) is 18.4 Å². The fraction of sp³-hybridized carbons (Fsp3) is 0.500. The summed E-state index contributed by atoms with van der Waals surface area (Å²) in [6.45, 7) is 1.47. The lowest BCUT2D eigenvalue weighted by atomic mass is 9.99. The molecule has 6 heteroatoms. The lowest BCUT2D eigenvalue weighted by Crippen LogP contribution is -2.47. The van der Waals surface area contributed by atoms with Crippen LogP contribution in [0.5, 0.6) is 0 Å². The van der Waals surface area contributed by atoms with E-state index in [4.69, 9.17) is 5.11 Å². The SMILES string of the molecule is O=C(O)C1CCCN(C(=O)NCCc2ccncc2)C1. The Morgan fingerprint density at radius 1 is 1.40 bits per heavy atom. The molecule has 1 aromatic heterocycles. The predicted molar refractivity (Wildman–Crippen MR) is 73.3 cm³/mol. The summed E-state index contributed by atoms with van der Waals surface area (Å²) in [5, 5.41) is 11.8. The Kier molecular flexibility index (Phi) is 4.92.